The van der Waals surface area contributed by atoms with Gasteiger partial charge < -0.3 is 5.73 Å². The summed E-state index contributed by atoms with van der Waals surface area (Å²) < 4.78 is 30.5. The lowest BCUT2D eigenvalue weighted by Crippen LogP contribution is -2.52. The summed E-state index contributed by atoms with van der Waals surface area (Å²) in [6.45, 7) is 1.04. The molecule has 2 heterocycles. The molecule has 6 nitrogen and oxygen atoms in total. The van der Waals surface area contributed by atoms with E-state index < -0.39 is 15.6 Å². The average Bonchev–Trinajstić information content (AvgIpc) is 2.92. The van der Waals surface area contributed by atoms with Crippen molar-refractivity contribution in [1.29, 1.82) is 0 Å². The summed E-state index contributed by atoms with van der Waals surface area (Å²) in [5, 5.41) is 2.14. The van der Waals surface area contributed by atoms with E-state index in [1.807, 2.05) is 72.9 Å². The van der Waals surface area contributed by atoms with Crippen LogP contribution >= 0.6 is 0 Å². The number of hydrogen-bond acceptors (Lipinski definition) is 4. The highest BCUT2D eigenvalue weighted by atomic mass is 32.2. The van der Waals surface area contributed by atoms with Crippen LogP contribution in [0.1, 0.15) is 35.7 Å². The molecule has 1 aliphatic rings. The maximum absolute atomic E-state index is 13.1. The minimum absolute atomic E-state index is 0.267. The van der Waals surface area contributed by atoms with Gasteiger partial charge in [0.2, 0.25) is 0 Å². The summed E-state index contributed by atoms with van der Waals surface area (Å²) in [6.07, 6.45) is 3.02. The minimum Gasteiger partial charge on any atom is -0.322 e. The van der Waals surface area contributed by atoms with Crippen LogP contribution in [0, 0.1) is 0 Å². The zero-order valence-corrected chi connectivity index (χ0v) is 20.4. The Morgan fingerprint density at radius 3 is 2.23 bits per heavy atom. The second-order valence-electron chi connectivity index (χ2n) is 9.13. The normalized spacial score (nSPS) is 17.3. The molecule has 0 aliphatic carbocycles. The lowest BCUT2D eigenvalue weighted by Gasteiger charge is -2.45. The Balaban J connectivity index is 1.42. The molecular weight excluding hydrogens is 456 g/mol. The Kier molecular flexibility index (Phi) is 6.67. The summed E-state index contributed by atoms with van der Waals surface area (Å²) in [4.78, 5) is 4.71. The van der Waals surface area contributed by atoms with Gasteiger partial charge in [0.05, 0.1) is 11.7 Å². The SMILES string of the molecule is NC(c1nccc2ccccc12)C1(c2ccccc2)CCN(S(=O)(=O)NCc2ccccc2)CC1. The molecule has 180 valence electrons. The first kappa shape index (κ1) is 23.6. The fraction of sp³-hybridized carbons (Fsp3) is 0.250. The van der Waals surface area contributed by atoms with Crippen LogP contribution in [0.2, 0.25) is 0 Å². The molecule has 1 unspecified atom stereocenters. The van der Waals surface area contributed by atoms with Gasteiger partial charge in [0.1, 0.15) is 0 Å². The third kappa shape index (κ3) is 4.73. The van der Waals surface area contributed by atoms with Crippen molar-refractivity contribution in [3.63, 3.8) is 0 Å². The molecule has 4 aromatic rings. The quantitative estimate of drug-likeness (QED) is 0.408. The molecule has 1 aliphatic heterocycles. The zero-order valence-electron chi connectivity index (χ0n) is 19.5. The third-order valence-electron chi connectivity index (χ3n) is 7.20. The standard InChI is InChI=1S/C28H30N4O2S/c29-27(26-25-14-8-7-11-23(25)15-18-30-26)28(24-12-5-2-6-13-24)16-19-32(20-17-28)35(33,34)31-21-22-9-3-1-4-10-22/h1-15,18,27,31H,16-17,19-21,29H2. The lowest BCUT2D eigenvalue weighted by atomic mass is 9.67. The number of nitrogens with two attached hydrogens (primary N) is 1. The molecule has 0 saturated carbocycles. The van der Waals surface area contributed by atoms with E-state index in [-0.39, 0.29) is 12.6 Å². The Labute approximate surface area is 207 Å². The second kappa shape index (κ2) is 9.87. The van der Waals surface area contributed by atoms with Crippen LogP contribution in [-0.4, -0.2) is 30.8 Å². The van der Waals surface area contributed by atoms with Crippen molar-refractivity contribution in [2.24, 2.45) is 5.73 Å². The maximum atomic E-state index is 13.1. The number of fused-ring (bicyclic) bond motifs is 1. The predicted octanol–water partition coefficient (Wildman–Crippen LogP) is 4.30. The number of rotatable bonds is 7. The van der Waals surface area contributed by atoms with Crippen molar-refractivity contribution >= 4 is 21.0 Å². The summed E-state index contributed by atoms with van der Waals surface area (Å²) in [5.41, 5.74) is 9.52. The van der Waals surface area contributed by atoms with E-state index in [2.05, 4.69) is 29.0 Å². The number of nitrogens with zero attached hydrogens (tertiary/aromatic N) is 2. The van der Waals surface area contributed by atoms with Crippen molar-refractivity contribution in [3.05, 3.63) is 114 Å². The number of hydrogen-bond donors (Lipinski definition) is 2. The molecular formula is C28H30N4O2S. The van der Waals surface area contributed by atoms with E-state index in [0.717, 1.165) is 27.6 Å². The molecule has 3 N–H and O–H groups in total. The first-order valence-corrected chi connectivity index (χ1v) is 13.4. The summed E-state index contributed by atoms with van der Waals surface area (Å²) in [7, 11) is -3.61. The zero-order chi connectivity index (χ0) is 24.3. The van der Waals surface area contributed by atoms with Gasteiger partial charge in [-0.3, -0.25) is 4.98 Å². The Morgan fingerprint density at radius 2 is 1.51 bits per heavy atom. The van der Waals surface area contributed by atoms with E-state index >= 15 is 0 Å². The van der Waals surface area contributed by atoms with E-state index in [9.17, 15) is 8.42 Å². The minimum atomic E-state index is -3.61. The van der Waals surface area contributed by atoms with Gasteiger partial charge in [-0.15, -0.1) is 0 Å². The van der Waals surface area contributed by atoms with Crippen molar-refractivity contribution in [3.8, 4) is 0 Å². The van der Waals surface area contributed by atoms with Gasteiger partial charge in [-0.2, -0.15) is 17.4 Å². The topological polar surface area (TPSA) is 88.3 Å². The molecule has 7 heteroatoms. The molecule has 1 atom stereocenters. The molecule has 0 amide bonds. The molecule has 0 radical (unpaired) electrons. The Morgan fingerprint density at radius 1 is 0.886 bits per heavy atom. The summed E-state index contributed by atoms with van der Waals surface area (Å²) in [5.74, 6) is 0. The monoisotopic (exact) mass is 486 g/mol. The molecule has 1 aromatic heterocycles. The van der Waals surface area contributed by atoms with Gasteiger partial charge >= 0.3 is 0 Å². The van der Waals surface area contributed by atoms with Crippen molar-refractivity contribution in [2.45, 2.75) is 30.8 Å². The van der Waals surface area contributed by atoms with Crippen LogP contribution in [0.15, 0.2) is 97.2 Å². The van der Waals surface area contributed by atoms with E-state index in [4.69, 9.17) is 10.7 Å². The summed E-state index contributed by atoms with van der Waals surface area (Å²) >= 11 is 0. The van der Waals surface area contributed by atoms with Gasteiger partial charge in [0.15, 0.2) is 0 Å². The Bertz CT molecular complexity index is 1380. The number of benzene rings is 3. The molecule has 5 rings (SSSR count). The molecule has 1 saturated heterocycles. The van der Waals surface area contributed by atoms with Gasteiger partial charge in [-0.1, -0.05) is 84.9 Å². The van der Waals surface area contributed by atoms with Crippen molar-refractivity contribution in [2.75, 3.05) is 13.1 Å². The molecule has 35 heavy (non-hydrogen) atoms. The van der Waals surface area contributed by atoms with Gasteiger partial charge in [0, 0.05) is 36.6 Å². The first-order valence-electron chi connectivity index (χ1n) is 11.9. The lowest BCUT2D eigenvalue weighted by molar-refractivity contribution is 0.197. The highest BCUT2D eigenvalue weighted by Crippen LogP contribution is 2.45. The third-order valence-corrected chi connectivity index (χ3v) is 8.75. The number of piperidine rings is 1. The molecule has 3 aromatic carbocycles. The number of aromatic nitrogens is 1. The molecule has 1 fully saturated rings. The predicted molar refractivity (Wildman–Crippen MR) is 140 cm³/mol. The van der Waals surface area contributed by atoms with Gasteiger partial charge in [0.25, 0.3) is 10.2 Å². The van der Waals surface area contributed by atoms with E-state index in [1.54, 1.807) is 4.31 Å². The second-order valence-corrected chi connectivity index (χ2v) is 10.9. The van der Waals surface area contributed by atoms with Crippen LogP contribution in [0.3, 0.4) is 0 Å². The highest BCUT2D eigenvalue weighted by molar-refractivity contribution is 7.87. The van der Waals surface area contributed by atoms with E-state index in [1.165, 1.54) is 0 Å². The number of pyridine rings is 1. The average molecular weight is 487 g/mol. The smallest absolute Gasteiger partial charge is 0.279 e. The first-order chi connectivity index (χ1) is 17.0. The van der Waals surface area contributed by atoms with Gasteiger partial charge in [-0.05, 0) is 35.4 Å². The van der Waals surface area contributed by atoms with Crippen LogP contribution in [0.4, 0.5) is 0 Å². The largest absolute Gasteiger partial charge is 0.322 e. The van der Waals surface area contributed by atoms with Crippen LogP contribution in [-0.2, 0) is 22.2 Å². The maximum Gasteiger partial charge on any atom is 0.279 e. The van der Waals surface area contributed by atoms with Crippen LogP contribution in [0.5, 0.6) is 0 Å². The fourth-order valence-corrected chi connectivity index (χ4v) is 6.38. The fourth-order valence-electron chi connectivity index (χ4n) is 5.19. The van der Waals surface area contributed by atoms with Crippen LogP contribution < -0.4 is 10.5 Å². The summed E-state index contributed by atoms with van der Waals surface area (Å²) in [6, 6.07) is 29.5. The molecule has 0 spiro atoms. The van der Waals surface area contributed by atoms with Crippen LogP contribution in [0.25, 0.3) is 10.8 Å². The number of nitrogens with one attached hydrogen (secondary N) is 1. The van der Waals surface area contributed by atoms with Gasteiger partial charge in [-0.25, -0.2) is 0 Å². The van der Waals surface area contributed by atoms with E-state index in [0.29, 0.717) is 25.9 Å². The molecule has 0 bridgehead atoms. The Hall–Kier alpha value is -3.10. The highest BCUT2D eigenvalue weighted by Gasteiger charge is 2.45. The van der Waals surface area contributed by atoms with Crippen molar-refractivity contribution in [1.82, 2.24) is 14.0 Å². The van der Waals surface area contributed by atoms with Crippen molar-refractivity contribution < 1.29 is 8.42 Å².